The van der Waals surface area contributed by atoms with Crippen molar-refractivity contribution in [3.05, 3.63) is 35.5 Å². The minimum absolute atomic E-state index is 0.249. The van der Waals surface area contributed by atoms with Crippen LogP contribution in [-0.2, 0) is 0 Å². The number of allylic oxidation sites excluding steroid dienone is 3. The Hall–Kier alpha value is -0.940. The molecule has 4 heteroatoms. The van der Waals surface area contributed by atoms with Crippen molar-refractivity contribution in [2.24, 2.45) is 23.2 Å². The molecule has 0 spiro atoms. The average Bonchev–Trinajstić information content (AvgIpc) is 2.99. The van der Waals surface area contributed by atoms with Gasteiger partial charge < -0.3 is 20.4 Å². The average molecular weight is 433 g/mol. The lowest BCUT2D eigenvalue weighted by molar-refractivity contribution is 0.000127. The second-order valence-electron chi connectivity index (χ2n) is 11.5. The number of hydrogen-bond donors (Lipinski definition) is 4. The van der Waals surface area contributed by atoms with Gasteiger partial charge in [0, 0.05) is 12.8 Å². The maximum atomic E-state index is 10.5. The fraction of sp³-hybridized carbons (Fsp3) is 0.778. The summed E-state index contributed by atoms with van der Waals surface area (Å²) in [6, 6.07) is 0. The van der Waals surface area contributed by atoms with Crippen LogP contribution in [0.3, 0.4) is 0 Å². The van der Waals surface area contributed by atoms with E-state index >= 15 is 0 Å². The van der Waals surface area contributed by atoms with Gasteiger partial charge in [0.2, 0.25) is 0 Å². The third-order valence-electron chi connectivity index (χ3n) is 8.37. The van der Waals surface area contributed by atoms with E-state index < -0.39 is 23.9 Å². The van der Waals surface area contributed by atoms with Crippen molar-refractivity contribution in [3.8, 4) is 0 Å². The number of rotatable bonds is 6. The van der Waals surface area contributed by atoms with Crippen molar-refractivity contribution in [2.75, 3.05) is 0 Å². The summed E-state index contributed by atoms with van der Waals surface area (Å²) in [7, 11) is 0. The van der Waals surface area contributed by atoms with Crippen LogP contribution in [0.4, 0.5) is 0 Å². The lowest BCUT2D eigenvalue weighted by atomic mass is 9.60. The second kappa shape index (κ2) is 9.51. The zero-order valence-electron chi connectivity index (χ0n) is 20.0. The summed E-state index contributed by atoms with van der Waals surface area (Å²) < 4.78 is 0. The molecule has 4 nitrogen and oxygen atoms in total. The lowest BCUT2D eigenvalue weighted by Gasteiger charge is -2.44. The van der Waals surface area contributed by atoms with Crippen molar-refractivity contribution in [2.45, 2.75) is 109 Å². The van der Waals surface area contributed by atoms with E-state index in [0.29, 0.717) is 37.0 Å². The standard InChI is InChI=1S/C27H44O4/c1-17(13-22(29)16-26(3,4)31)23-10-11-24-19(7-6-12-27(23,24)5)8-9-20-14-21(28)15-25(30)18(20)2/h8-9,17,21-25,28-31H,2,6-7,10-16H2,1,3-5H3/b19-8+,20-9-/t17-,21+,22+,23-,24+,25+,27-/m1/s1. The van der Waals surface area contributed by atoms with Gasteiger partial charge in [-0.15, -0.1) is 0 Å². The van der Waals surface area contributed by atoms with E-state index in [1.165, 1.54) is 31.3 Å². The second-order valence-corrected chi connectivity index (χ2v) is 11.5. The summed E-state index contributed by atoms with van der Waals surface area (Å²) >= 11 is 0. The molecule has 0 aromatic rings. The molecule has 0 radical (unpaired) electrons. The molecular formula is C27H44O4. The number of hydrogen-bond acceptors (Lipinski definition) is 4. The van der Waals surface area contributed by atoms with Crippen LogP contribution in [0.2, 0.25) is 0 Å². The van der Waals surface area contributed by atoms with Gasteiger partial charge in [-0.1, -0.05) is 38.2 Å². The lowest BCUT2D eigenvalue weighted by Crippen LogP contribution is -2.37. The first-order valence-electron chi connectivity index (χ1n) is 12.3. The molecule has 0 aromatic carbocycles. The van der Waals surface area contributed by atoms with Crippen molar-refractivity contribution >= 4 is 0 Å². The maximum absolute atomic E-state index is 10.5. The molecule has 176 valence electrons. The quantitative estimate of drug-likeness (QED) is 0.491. The molecule has 4 N–H and O–H groups in total. The molecule has 0 unspecified atom stereocenters. The topological polar surface area (TPSA) is 80.9 Å². The van der Waals surface area contributed by atoms with E-state index in [1.54, 1.807) is 13.8 Å². The molecular weight excluding hydrogens is 388 g/mol. The summed E-state index contributed by atoms with van der Waals surface area (Å²) in [5.41, 5.74) is 2.64. The highest BCUT2D eigenvalue weighted by atomic mass is 16.3. The van der Waals surface area contributed by atoms with Crippen LogP contribution >= 0.6 is 0 Å². The van der Waals surface area contributed by atoms with Gasteiger partial charge in [-0.2, -0.15) is 0 Å². The molecule has 3 saturated carbocycles. The number of aliphatic hydroxyl groups excluding tert-OH is 3. The predicted molar refractivity (Wildman–Crippen MR) is 125 cm³/mol. The largest absolute Gasteiger partial charge is 0.393 e. The van der Waals surface area contributed by atoms with E-state index in [-0.39, 0.29) is 5.41 Å². The highest BCUT2D eigenvalue weighted by Gasteiger charge is 2.50. The molecule has 0 aliphatic heterocycles. The Morgan fingerprint density at radius 2 is 1.94 bits per heavy atom. The first kappa shape index (κ1) is 24.7. The van der Waals surface area contributed by atoms with Crippen molar-refractivity contribution in [3.63, 3.8) is 0 Å². The van der Waals surface area contributed by atoms with Crippen LogP contribution < -0.4 is 0 Å². The van der Waals surface area contributed by atoms with Crippen molar-refractivity contribution < 1.29 is 20.4 Å². The smallest absolute Gasteiger partial charge is 0.0811 e. The van der Waals surface area contributed by atoms with Gasteiger partial charge in [-0.25, -0.2) is 0 Å². The first-order valence-corrected chi connectivity index (χ1v) is 12.3. The Morgan fingerprint density at radius 1 is 1.23 bits per heavy atom. The molecule has 0 bridgehead atoms. The summed E-state index contributed by atoms with van der Waals surface area (Å²) in [5, 5.41) is 40.7. The van der Waals surface area contributed by atoms with Crippen LogP contribution in [0.15, 0.2) is 35.5 Å². The molecule has 3 aliphatic carbocycles. The van der Waals surface area contributed by atoms with Crippen LogP contribution in [0.5, 0.6) is 0 Å². The Kier molecular flexibility index (Phi) is 7.57. The van der Waals surface area contributed by atoms with Gasteiger partial charge in [0.05, 0.1) is 23.9 Å². The molecule has 3 rings (SSSR count). The van der Waals surface area contributed by atoms with Gasteiger partial charge in [-0.3, -0.25) is 0 Å². The summed E-state index contributed by atoms with van der Waals surface area (Å²) in [6.07, 6.45) is 10.8. The van der Waals surface area contributed by atoms with Gasteiger partial charge in [0.25, 0.3) is 0 Å². The van der Waals surface area contributed by atoms with Gasteiger partial charge in [0.1, 0.15) is 0 Å². The van der Waals surface area contributed by atoms with Crippen LogP contribution in [0, 0.1) is 23.2 Å². The SMILES string of the molecule is C=C1/C(=C\C=C2/CCC[C@]3(C)[C@@H]([C@H](C)C[C@H](O)CC(C)(C)O)CC[C@@H]23)C[C@H](O)C[C@@H]1O. The molecule has 0 heterocycles. The Bertz CT molecular complexity index is 715. The van der Waals surface area contributed by atoms with Gasteiger partial charge in [0.15, 0.2) is 0 Å². The highest BCUT2D eigenvalue weighted by molar-refractivity contribution is 5.38. The molecule has 7 atom stereocenters. The molecule has 0 aromatic heterocycles. The maximum Gasteiger partial charge on any atom is 0.0811 e. The third-order valence-corrected chi connectivity index (χ3v) is 8.37. The van der Waals surface area contributed by atoms with Gasteiger partial charge >= 0.3 is 0 Å². The first-order chi connectivity index (χ1) is 14.4. The normalized spacial score (nSPS) is 39.0. The Morgan fingerprint density at radius 3 is 2.61 bits per heavy atom. The van der Waals surface area contributed by atoms with Crippen LogP contribution in [-0.4, -0.2) is 44.3 Å². The highest BCUT2D eigenvalue weighted by Crippen LogP contribution is 2.60. The van der Waals surface area contributed by atoms with Crippen molar-refractivity contribution in [1.29, 1.82) is 0 Å². The zero-order valence-corrected chi connectivity index (χ0v) is 20.0. The summed E-state index contributed by atoms with van der Waals surface area (Å²) in [4.78, 5) is 0. The zero-order chi connectivity index (χ0) is 23.0. The van der Waals surface area contributed by atoms with Crippen LogP contribution in [0.1, 0.15) is 85.5 Å². The van der Waals surface area contributed by atoms with Crippen LogP contribution in [0.25, 0.3) is 0 Å². The van der Waals surface area contributed by atoms with E-state index in [4.69, 9.17) is 0 Å². The molecule has 31 heavy (non-hydrogen) atoms. The van der Waals surface area contributed by atoms with E-state index in [2.05, 4.69) is 32.6 Å². The fourth-order valence-electron chi connectivity index (χ4n) is 6.93. The minimum atomic E-state index is -0.834. The molecule has 0 amide bonds. The number of aliphatic hydroxyl groups is 4. The number of fused-ring (bicyclic) bond motifs is 1. The Labute approximate surface area is 188 Å². The molecule has 3 fully saturated rings. The van der Waals surface area contributed by atoms with E-state index in [9.17, 15) is 20.4 Å². The fourth-order valence-corrected chi connectivity index (χ4v) is 6.93. The predicted octanol–water partition coefficient (Wildman–Crippen LogP) is 4.68. The summed E-state index contributed by atoms with van der Waals surface area (Å²) in [5.74, 6) is 1.57. The summed E-state index contributed by atoms with van der Waals surface area (Å²) in [6.45, 7) is 12.3. The molecule has 3 aliphatic rings. The van der Waals surface area contributed by atoms with Gasteiger partial charge in [-0.05, 0) is 93.1 Å². The Balaban J connectivity index is 1.72. The minimum Gasteiger partial charge on any atom is -0.393 e. The third kappa shape index (κ3) is 5.71. The molecule has 0 saturated heterocycles. The monoisotopic (exact) mass is 432 g/mol. The van der Waals surface area contributed by atoms with E-state index in [0.717, 1.165) is 24.0 Å². The van der Waals surface area contributed by atoms with E-state index in [1.807, 2.05) is 0 Å². The van der Waals surface area contributed by atoms with Crippen molar-refractivity contribution in [1.82, 2.24) is 0 Å².